The van der Waals surface area contributed by atoms with Crippen LogP contribution >= 0.6 is 0 Å². The van der Waals surface area contributed by atoms with E-state index in [1.807, 2.05) is 16.5 Å². The van der Waals surface area contributed by atoms with Gasteiger partial charge in [0.25, 0.3) is 5.91 Å². The van der Waals surface area contributed by atoms with Gasteiger partial charge in [-0.25, -0.2) is 4.39 Å². The molecule has 2 N–H and O–H groups in total. The molecular weight excluding hydrogens is 680 g/mol. The van der Waals surface area contributed by atoms with Crippen molar-refractivity contribution in [2.24, 2.45) is 0 Å². The van der Waals surface area contributed by atoms with Gasteiger partial charge in [0.2, 0.25) is 0 Å². The zero-order valence-corrected chi connectivity index (χ0v) is 29.8. The van der Waals surface area contributed by atoms with E-state index in [1.54, 1.807) is 14.1 Å². The van der Waals surface area contributed by atoms with Crippen LogP contribution in [0.4, 0.5) is 29.1 Å². The fraction of sp³-hybridized carbons (Fsp3) is 0.514. The minimum absolute atomic E-state index is 0.0766. The maximum absolute atomic E-state index is 15.7. The molecule has 0 aliphatic carbocycles. The molecule has 2 atom stereocenters. The van der Waals surface area contributed by atoms with Crippen LogP contribution in [-0.2, 0) is 37.0 Å². The van der Waals surface area contributed by atoms with Gasteiger partial charge in [-0.2, -0.15) is 28.2 Å². The lowest BCUT2D eigenvalue weighted by Crippen LogP contribution is -2.43. The molecule has 4 aliphatic heterocycles. The van der Waals surface area contributed by atoms with Crippen molar-refractivity contribution in [3.63, 3.8) is 0 Å². The lowest BCUT2D eigenvalue weighted by Gasteiger charge is -2.33. The first-order valence-electron chi connectivity index (χ1n) is 17.4. The molecule has 2 fully saturated rings. The molecule has 0 spiro atoms. The van der Waals surface area contributed by atoms with Gasteiger partial charge in [0.1, 0.15) is 12.4 Å². The van der Waals surface area contributed by atoms with E-state index < -0.39 is 40.5 Å². The highest BCUT2D eigenvalue weighted by atomic mass is 19.4. The number of nitrogens with zero attached hydrogens (tertiary/aromatic N) is 7. The van der Waals surface area contributed by atoms with Crippen LogP contribution in [-0.4, -0.2) is 81.3 Å². The molecule has 4 aliphatic rings. The number of ether oxygens (including phenoxy) is 2. The van der Waals surface area contributed by atoms with Crippen molar-refractivity contribution < 1.29 is 31.8 Å². The number of hydrogen-bond donors (Lipinski definition) is 1. The maximum atomic E-state index is 15.7. The lowest BCUT2D eigenvalue weighted by atomic mass is 9.90. The Bertz CT molecular complexity index is 2020. The largest absolute Gasteiger partial charge is 0.461 e. The van der Waals surface area contributed by atoms with Crippen LogP contribution in [0.5, 0.6) is 6.01 Å². The number of anilines is 2. The van der Waals surface area contributed by atoms with E-state index in [4.69, 9.17) is 25.2 Å². The highest BCUT2D eigenvalue weighted by molar-refractivity contribution is 5.93. The van der Waals surface area contributed by atoms with E-state index in [0.29, 0.717) is 55.4 Å². The van der Waals surface area contributed by atoms with E-state index in [2.05, 4.69) is 28.4 Å². The van der Waals surface area contributed by atoms with Gasteiger partial charge in [0.05, 0.1) is 47.4 Å². The Kier molecular flexibility index (Phi) is 9.19. The van der Waals surface area contributed by atoms with Gasteiger partial charge in [0.15, 0.2) is 11.5 Å². The summed E-state index contributed by atoms with van der Waals surface area (Å²) in [5, 5.41) is 4.64. The molecule has 2 unspecified atom stereocenters. The summed E-state index contributed by atoms with van der Waals surface area (Å²) < 4.78 is 73.9. The van der Waals surface area contributed by atoms with Crippen LogP contribution in [0.1, 0.15) is 88.4 Å². The molecule has 1 aromatic carbocycles. The molecule has 6 heterocycles. The summed E-state index contributed by atoms with van der Waals surface area (Å²) in [5.74, 6) is 4.03. The molecule has 2 aromatic heterocycles. The number of fused-ring (bicyclic) bond motifs is 3. The van der Waals surface area contributed by atoms with Crippen molar-refractivity contribution in [2.75, 3.05) is 51.0 Å². The molecule has 0 radical (unpaired) electrons. The van der Waals surface area contributed by atoms with Crippen molar-refractivity contribution >= 4 is 17.4 Å². The number of benzene rings is 1. The van der Waals surface area contributed by atoms with Gasteiger partial charge in [-0.1, -0.05) is 18.1 Å². The molecule has 11 nitrogen and oxygen atoms in total. The molecule has 0 saturated carbocycles. The lowest BCUT2D eigenvalue weighted by molar-refractivity contribution is -0.140. The van der Waals surface area contributed by atoms with Gasteiger partial charge in [-0.05, 0) is 52.1 Å². The topological polar surface area (TPSA) is 115 Å². The predicted molar refractivity (Wildman–Crippen MR) is 185 cm³/mol. The smallest absolute Gasteiger partial charge is 0.418 e. The number of rotatable bonds is 6. The summed E-state index contributed by atoms with van der Waals surface area (Å²) in [6.07, 6.45) is -3.06. The third kappa shape index (κ3) is 6.25. The minimum atomic E-state index is -4.94. The molecule has 3 aromatic rings. The summed E-state index contributed by atoms with van der Waals surface area (Å²) in [6.45, 7) is 10.8. The van der Waals surface area contributed by atoms with Gasteiger partial charge in [0, 0.05) is 62.4 Å². The standard InChI is InChI=1S/C37H42F4N8O3/c1-6-9-23-14-25(42)31(38)29(30(23)37(39,40)41)28-15-26-24(19-51-28)33(44-35(43-26)52-20-36-10-7-12-48(36)17-21(2)16-36)47-11-8-13-49-27(18-47)22(3)32(45-49)34(50)46(4)5/h14,28H,2,7-8,10-13,15-20,42H2,1,3-5H3. The number of nitrogen functional groups attached to an aromatic ring is 1. The summed E-state index contributed by atoms with van der Waals surface area (Å²) in [7, 11) is 3.36. The van der Waals surface area contributed by atoms with Crippen LogP contribution in [0.2, 0.25) is 0 Å². The second-order valence-electron chi connectivity index (χ2n) is 14.3. The second-order valence-corrected chi connectivity index (χ2v) is 14.3. The molecule has 2 saturated heterocycles. The monoisotopic (exact) mass is 722 g/mol. The van der Waals surface area contributed by atoms with Crippen molar-refractivity contribution in [3.05, 3.63) is 68.9 Å². The highest BCUT2D eigenvalue weighted by Crippen LogP contribution is 2.45. The number of hydrogen-bond acceptors (Lipinski definition) is 9. The molecule has 52 heavy (non-hydrogen) atoms. The Morgan fingerprint density at radius 3 is 2.73 bits per heavy atom. The van der Waals surface area contributed by atoms with Crippen molar-refractivity contribution in [2.45, 2.75) is 83.5 Å². The summed E-state index contributed by atoms with van der Waals surface area (Å²) >= 11 is 0. The first-order valence-corrected chi connectivity index (χ1v) is 17.4. The zero-order chi connectivity index (χ0) is 37.1. The Morgan fingerprint density at radius 2 is 2.00 bits per heavy atom. The molecule has 1 amide bonds. The minimum Gasteiger partial charge on any atom is -0.461 e. The number of nitrogens with two attached hydrogens (primary N) is 1. The number of amides is 1. The Hall–Kier alpha value is -4.68. The second kappa shape index (κ2) is 13.4. The van der Waals surface area contributed by atoms with Gasteiger partial charge in [-0.15, -0.1) is 5.92 Å². The number of carbonyl (C=O) groups is 1. The summed E-state index contributed by atoms with van der Waals surface area (Å²) in [5.41, 5.74) is 6.96. The highest BCUT2D eigenvalue weighted by Gasteiger charge is 2.47. The molecule has 276 valence electrons. The van der Waals surface area contributed by atoms with Crippen molar-refractivity contribution in [1.82, 2.24) is 29.5 Å². The van der Waals surface area contributed by atoms with E-state index in [1.165, 1.54) is 11.8 Å². The number of aromatic nitrogens is 4. The predicted octanol–water partition coefficient (Wildman–Crippen LogP) is 5.19. The van der Waals surface area contributed by atoms with Gasteiger partial charge < -0.3 is 25.0 Å². The first-order chi connectivity index (χ1) is 24.7. The molecular formula is C37H42F4N8O3. The number of carbonyl (C=O) groups excluding carboxylic acids is 1. The average molecular weight is 723 g/mol. The fourth-order valence-electron chi connectivity index (χ4n) is 8.17. The number of aryl methyl sites for hydroxylation is 1. The number of halogens is 4. The van der Waals surface area contributed by atoms with E-state index in [-0.39, 0.29) is 30.5 Å². The normalized spacial score (nSPS) is 21.6. The maximum Gasteiger partial charge on any atom is 0.418 e. The summed E-state index contributed by atoms with van der Waals surface area (Å²) in [4.78, 5) is 28.5. The van der Waals surface area contributed by atoms with Crippen LogP contribution in [0.3, 0.4) is 0 Å². The van der Waals surface area contributed by atoms with Crippen LogP contribution in [0.25, 0.3) is 0 Å². The third-order valence-corrected chi connectivity index (χ3v) is 10.6. The fourth-order valence-corrected chi connectivity index (χ4v) is 8.17. The quantitative estimate of drug-likeness (QED) is 0.159. The van der Waals surface area contributed by atoms with Crippen molar-refractivity contribution in [1.29, 1.82) is 0 Å². The Morgan fingerprint density at radius 1 is 1.21 bits per heavy atom. The van der Waals surface area contributed by atoms with Gasteiger partial charge in [-0.3, -0.25) is 14.4 Å². The van der Waals surface area contributed by atoms with Crippen molar-refractivity contribution in [3.8, 4) is 17.9 Å². The van der Waals surface area contributed by atoms with Gasteiger partial charge >= 0.3 is 12.2 Å². The van der Waals surface area contributed by atoms with E-state index in [9.17, 15) is 18.0 Å². The molecule has 0 bridgehead atoms. The molecule has 15 heteroatoms. The first kappa shape index (κ1) is 35.7. The van der Waals surface area contributed by atoms with E-state index in [0.717, 1.165) is 55.2 Å². The third-order valence-electron chi connectivity index (χ3n) is 10.6. The van der Waals surface area contributed by atoms with E-state index >= 15 is 4.39 Å². The SMILES string of the molecule is C=C1CN2CCCC2(COc2nc3c(c(N4CCCn5nc(C(=O)N(C)C)c(C)c5C4)n2)COC(c2c(F)c(N)cc(C#CC)c2C(F)(F)F)C3)C1. The Balaban J connectivity index is 1.30. The van der Waals surface area contributed by atoms with Crippen LogP contribution < -0.4 is 15.4 Å². The van der Waals surface area contributed by atoms with Crippen LogP contribution in [0, 0.1) is 24.6 Å². The summed E-state index contributed by atoms with van der Waals surface area (Å²) in [6, 6.07) is 0.987. The number of alkyl halides is 3. The average Bonchev–Trinajstić information content (AvgIpc) is 3.66. The van der Waals surface area contributed by atoms with Crippen LogP contribution in [0.15, 0.2) is 18.2 Å². The Labute approximate surface area is 299 Å². The zero-order valence-electron chi connectivity index (χ0n) is 29.8. The molecule has 7 rings (SSSR count).